The molecule has 0 aromatic carbocycles. The van der Waals surface area contributed by atoms with E-state index in [1.807, 2.05) is 13.8 Å². The minimum Gasteiger partial charge on any atom is -0.341 e. The molecule has 0 heterocycles. The Hall–Kier alpha value is -0.100. The van der Waals surface area contributed by atoms with Crippen LogP contribution in [0, 0.1) is 23.7 Å². The maximum Gasteiger partial charge on any atom is 0.0725 e. The lowest BCUT2D eigenvalue weighted by atomic mass is 9.96. The number of thiocarbonyl (C=S) groups is 1. The summed E-state index contributed by atoms with van der Waals surface area (Å²) in [6.07, 6.45) is 19.6. The number of nitrogens with zero attached hydrogens (tertiary/aromatic N) is 3. The van der Waals surface area contributed by atoms with Crippen LogP contribution in [0.5, 0.6) is 0 Å². The number of unbranched alkanes of at least 4 members (excludes halogenated alkanes) is 3. The molecule has 4 atom stereocenters. The molecule has 264 valence electrons. The molecule has 0 aromatic rings. The average Bonchev–Trinajstić information content (AvgIpc) is 3.02. The predicted molar refractivity (Wildman–Crippen MR) is 210 cm³/mol. The second-order valence-corrected chi connectivity index (χ2v) is 15.4. The minimum atomic E-state index is 0.766. The quantitative estimate of drug-likeness (QED) is 0.0584. The van der Waals surface area contributed by atoms with Gasteiger partial charge in [0.15, 0.2) is 0 Å². The molecule has 0 bridgehead atoms. The maximum absolute atomic E-state index is 5.60. The van der Waals surface area contributed by atoms with E-state index in [4.69, 9.17) is 12.2 Å². The summed E-state index contributed by atoms with van der Waals surface area (Å²) in [5.74, 6) is 3.08. The highest BCUT2D eigenvalue weighted by Crippen LogP contribution is 2.26. The Bertz CT molecular complexity index is 637. The van der Waals surface area contributed by atoms with Crippen LogP contribution >= 0.6 is 24.0 Å². The Morgan fingerprint density at radius 3 is 1.14 bits per heavy atom. The Kier molecular flexibility index (Phi) is 32.9. The van der Waals surface area contributed by atoms with Crippen molar-refractivity contribution in [1.29, 1.82) is 0 Å². The molecule has 0 aliphatic carbocycles. The van der Waals surface area contributed by atoms with Crippen molar-refractivity contribution in [2.24, 2.45) is 23.7 Å². The zero-order valence-electron chi connectivity index (χ0n) is 32.0. The first-order valence-corrected chi connectivity index (χ1v) is 20.5. The van der Waals surface area contributed by atoms with Gasteiger partial charge in [-0.15, -0.1) is 0 Å². The molecule has 44 heavy (non-hydrogen) atoms. The van der Waals surface area contributed by atoms with Crippen LogP contribution in [0.25, 0.3) is 0 Å². The fraction of sp³-hybridized carbons (Fsp3) is 0.923. The Morgan fingerprint density at radius 1 is 0.568 bits per heavy atom. The summed E-state index contributed by atoms with van der Waals surface area (Å²) in [5, 5.41) is 1.13. The van der Waals surface area contributed by atoms with E-state index in [1.54, 1.807) is 11.8 Å². The number of thioether (sulfide) groups is 1. The molecule has 4 unspecified atom stereocenters. The molecule has 0 saturated heterocycles. The normalized spacial score (nSPS) is 14.2. The van der Waals surface area contributed by atoms with Crippen LogP contribution in [0.4, 0.5) is 0 Å². The number of rotatable bonds is 29. The number of hydrogen-bond acceptors (Lipinski definition) is 5. The van der Waals surface area contributed by atoms with Crippen LogP contribution < -0.4 is 0 Å². The van der Waals surface area contributed by atoms with Gasteiger partial charge in [-0.25, -0.2) is 0 Å². The molecule has 0 aliphatic rings. The first kappa shape index (κ1) is 46.0. The van der Waals surface area contributed by atoms with E-state index in [1.165, 1.54) is 122 Å². The fourth-order valence-corrected chi connectivity index (χ4v) is 7.21. The summed E-state index contributed by atoms with van der Waals surface area (Å²) in [7, 11) is 0. The van der Waals surface area contributed by atoms with Gasteiger partial charge in [-0.2, -0.15) is 0 Å². The van der Waals surface area contributed by atoms with Crippen molar-refractivity contribution >= 4 is 28.2 Å². The van der Waals surface area contributed by atoms with Gasteiger partial charge in [0.05, 0.1) is 22.6 Å². The topological polar surface area (TPSA) is 9.72 Å². The van der Waals surface area contributed by atoms with E-state index in [9.17, 15) is 0 Å². The van der Waals surface area contributed by atoms with Crippen LogP contribution in [0.1, 0.15) is 172 Å². The molecule has 0 N–H and O–H groups in total. The molecular formula is C39H81N3S2. The van der Waals surface area contributed by atoms with Gasteiger partial charge in [0.1, 0.15) is 0 Å². The van der Waals surface area contributed by atoms with E-state index < -0.39 is 0 Å². The Balaban J connectivity index is 0. The summed E-state index contributed by atoms with van der Waals surface area (Å²) in [6, 6.07) is 0. The highest BCUT2D eigenvalue weighted by Gasteiger charge is 2.24. The third-order valence-electron chi connectivity index (χ3n) is 9.33. The smallest absolute Gasteiger partial charge is 0.0725 e. The summed E-state index contributed by atoms with van der Waals surface area (Å²) in [4.78, 5) is 8.22. The monoisotopic (exact) mass is 656 g/mol. The van der Waals surface area contributed by atoms with Gasteiger partial charge in [0.25, 0.3) is 0 Å². The van der Waals surface area contributed by atoms with Crippen LogP contribution in [-0.4, -0.2) is 58.4 Å². The van der Waals surface area contributed by atoms with Crippen LogP contribution in [0.3, 0.4) is 0 Å². The molecule has 0 amide bonds. The molecule has 0 aliphatic heterocycles. The van der Waals surface area contributed by atoms with Gasteiger partial charge < -0.3 is 4.90 Å². The van der Waals surface area contributed by atoms with E-state index >= 15 is 0 Å². The average molecular weight is 656 g/mol. The molecule has 0 fully saturated rings. The molecule has 3 nitrogen and oxygen atoms in total. The maximum atomic E-state index is 5.60. The zero-order chi connectivity index (χ0) is 33.8. The standard InChI is InChI=1S/C37H75N3S2.C2H6/c1-11-19-23-35(16-6)27-38(26-34(15-5)22-14-4)30-40(32(9)42-33(10)41)31-39(28-36(17-7)24-20-12-2)29-37(18-8)25-21-13-3;1-2/h34-37H,9,11-31H2,1-8,10H3;1-2H3. The van der Waals surface area contributed by atoms with Gasteiger partial charge in [-0.3, -0.25) is 9.80 Å². The molecule has 0 rings (SSSR count). The largest absolute Gasteiger partial charge is 0.341 e. The molecular weight excluding hydrogens is 575 g/mol. The lowest BCUT2D eigenvalue weighted by molar-refractivity contribution is 0.0628. The minimum absolute atomic E-state index is 0.766. The molecule has 0 saturated carbocycles. The summed E-state index contributed by atoms with van der Waals surface area (Å²) >= 11 is 7.31. The highest BCUT2D eigenvalue weighted by atomic mass is 32.2. The van der Waals surface area contributed by atoms with E-state index in [0.717, 1.165) is 46.2 Å². The summed E-state index contributed by atoms with van der Waals surface area (Å²) < 4.78 is 0.971. The first-order valence-electron chi connectivity index (χ1n) is 19.3. The molecule has 5 heteroatoms. The molecule has 0 radical (unpaired) electrons. The van der Waals surface area contributed by atoms with Crippen molar-refractivity contribution in [3.63, 3.8) is 0 Å². The third kappa shape index (κ3) is 23.3. The summed E-state index contributed by atoms with van der Waals surface area (Å²) in [5.41, 5.74) is 0. The molecule has 0 spiro atoms. The van der Waals surface area contributed by atoms with E-state index in [0.29, 0.717) is 0 Å². The first-order chi connectivity index (χ1) is 21.2. The van der Waals surface area contributed by atoms with E-state index in [-0.39, 0.29) is 0 Å². The van der Waals surface area contributed by atoms with Crippen LogP contribution in [0.2, 0.25) is 0 Å². The van der Waals surface area contributed by atoms with Gasteiger partial charge in [0.2, 0.25) is 0 Å². The van der Waals surface area contributed by atoms with Crippen LogP contribution in [-0.2, 0) is 0 Å². The van der Waals surface area contributed by atoms with E-state index in [2.05, 4.69) is 83.6 Å². The van der Waals surface area contributed by atoms with Gasteiger partial charge in [-0.1, -0.05) is 170 Å². The lowest BCUT2D eigenvalue weighted by Gasteiger charge is -2.40. The Labute approximate surface area is 289 Å². The highest BCUT2D eigenvalue weighted by molar-refractivity contribution is 8.25. The van der Waals surface area contributed by atoms with Gasteiger partial charge in [-0.05, 0) is 56.3 Å². The van der Waals surface area contributed by atoms with Crippen LogP contribution in [0.15, 0.2) is 11.6 Å². The lowest BCUT2D eigenvalue weighted by Crippen LogP contribution is -2.47. The second-order valence-electron chi connectivity index (χ2n) is 13.2. The Morgan fingerprint density at radius 2 is 0.886 bits per heavy atom. The second kappa shape index (κ2) is 31.5. The van der Waals surface area contributed by atoms with Gasteiger partial charge in [0, 0.05) is 26.2 Å². The van der Waals surface area contributed by atoms with Crippen molar-refractivity contribution in [3.8, 4) is 0 Å². The van der Waals surface area contributed by atoms with Crippen molar-refractivity contribution in [1.82, 2.24) is 14.7 Å². The SMILES string of the molecule is C=C(SC(C)=S)N(CN(CC(CC)CCC)CC(CC)CCCC)CN(CC(CC)CCCC)CC(CC)CCCC.CC. The van der Waals surface area contributed by atoms with Crippen molar-refractivity contribution in [3.05, 3.63) is 11.6 Å². The molecule has 0 aromatic heterocycles. The summed E-state index contributed by atoms with van der Waals surface area (Å²) in [6.45, 7) is 36.3. The van der Waals surface area contributed by atoms with Crippen molar-refractivity contribution in [2.45, 2.75) is 172 Å². The van der Waals surface area contributed by atoms with Gasteiger partial charge >= 0.3 is 0 Å². The number of hydrogen-bond donors (Lipinski definition) is 0. The fourth-order valence-electron chi connectivity index (χ4n) is 6.34. The van der Waals surface area contributed by atoms with Crippen molar-refractivity contribution in [2.75, 3.05) is 39.5 Å². The predicted octanol–water partition coefficient (Wildman–Crippen LogP) is 12.9. The van der Waals surface area contributed by atoms with Crippen molar-refractivity contribution < 1.29 is 0 Å². The third-order valence-corrected chi connectivity index (χ3v) is 10.4. The zero-order valence-corrected chi connectivity index (χ0v) is 33.7.